The number of halogens is 4. The van der Waals surface area contributed by atoms with Crippen molar-refractivity contribution in [1.29, 1.82) is 0 Å². The Morgan fingerprint density at radius 2 is 1.72 bits per heavy atom. The summed E-state index contributed by atoms with van der Waals surface area (Å²) in [6.07, 6.45) is 0.586. The highest BCUT2D eigenvalue weighted by Gasteiger charge is 2.43. The van der Waals surface area contributed by atoms with Gasteiger partial charge in [0, 0.05) is 13.1 Å². The normalized spacial score (nSPS) is 22.7. The molecule has 0 saturated carbocycles. The fourth-order valence-electron chi connectivity index (χ4n) is 3.68. The van der Waals surface area contributed by atoms with Gasteiger partial charge in [-0.05, 0) is 24.4 Å². The largest absolute Gasteiger partial charge is 0.465 e. The summed E-state index contributed by atoms with van der Waals surface area (Å²) in [7, 11) is 0. The Bertz CT molecular complexity index is 885. The first-order valence-electron chi connectivity index (χ1n) is 7.50. The molecule has 2 unspecified atom stereocenters. The van der Waals surface area contributed by atoms with Gasteiger partial charge in [-0.3, -0.25) is 4.90 Å². The van der Waals surface area contributed by atoms with E-state index in [2.05, 4.69) is 15.0 Å². The first-order valence-corrected chi connectivity index (χ1v) is 8.64. The van der Waals surface area contributed by atoms with E-state index in [0.717, 1.165) is 12.8 Å². The average Bonchev–Trinajstić information content (AvgIpc) is 2.82. The van der Waals surface area contributed by atoms with E-state index in [0.29, 0.717) is 18.9 Å². The molecule has 2 aliphatic rings. The number of anilines is 1. The second-order valence-corrected chi connectivity index (χ2v) is 7.08. The molecule has 7 nitrogen and oxygen atoms in total. The SMILES string of the molecule is O=C(O)N1C2CCC1CN(c1nc(Cl)nc3c(F)c(Cl)nc(Cl)c13)C2. The molecule has 25 heavy (non-hydrogen) atoms. The van der Waals surface area contributed by atoms with Crippen LogP contribution in [0.5, 0.6) is 0 Å². The van der Waals surface area contributed by atoms with Crippen molar-refractivity contribution in [2.45, 2.75) is 24.9 Å². The van der Waals surface area contributed by atoms with Gasteiger partial charge in [0.05, 0.1) is 17.5 Å². The van der Waals surface area contributed by atoms with Crippen molar-refractivity contribution in [3.8, 4) is 0 Å². The lowest BCUT2D eigenvalue weighted by Crippen LogP contribution is -2.55. The maximum absolute atomic E-state index is 14.3. The number of pyridine rings is 1. The summed E-state index contributed by atoms with van der Waals surface area (Å²) < 4.78 is 14.3. The van der Waals surface area contributed by atoms with Gasteiger partial charge >= 0.3 is 6.09 Å². The molecule has 2 bridgehead atoms. The third-order valence-electron chi connectivity index (χ3n) is 4.66. The highest BCUT2D eigenvalue weighted by atomic mass is 35.5. The second-order valence-electron chi connectivity index (χ2n) is 6.03. The van der Waals surface area contributed by atoms with E-state index in [4.69, 9.17) is 34.8 Å². The van der Waals surface area contributed by atoms with E-state index in [-0.39, 0.29) is 33.4 Å². The fraction of sp³-hybridized carbons (Fsp3) is 0.429. The molecule has 0 aromatic carbocycles. The maximum Gasteiger partial charge on any atom is 0.407 e. The summed E-state index contributed by atoms with van der Waals surface area (Å²) in [6, 6.07) is -0.326. The van der Waals surface area contributed by atoms with Crippen molar-refractivity contribution in [3.63, 3.8) is 0 Å². The van der Waals surface area contributed by atoms with Crippen LogP contribution in [0.4, 0.5) is 15.0 Å². The summed E-state index contributed by atoms with van der Waals surface area (Å²) in [4.78, 5) is 26.6. The maximum atomic E-state index is 14.3. The van der Waals surface area contributed by atoms with Gasteiger partial charge in [0.2, 0.25) is 5.28 Å². The summed E-state index contributed by atoms with van der Waals surface area (Å²) in [6.45, 7) is 0.817. The number of carbonyl (C=O) groups is 1. The lowest BCUT2D eigenvalue weighted by Gasteiger charge is -2.40. The van der Waals surface area contributed by atoms with Crippen molar-refractivity contribution in [2.24, 2.45) is 0 Å². The summed E-state index contributed by atoms with van der Waals surface area (Å²) in [5.74, 6) is -0.483. The van der Waals surface area contributed by atoms with Crippen LogP contribution in [-0.2, 0) is 0 Å². The zero-order chi connectivity index (χ0) is 17.9. The molecule has 2 aromatic heterocycles. The Kier molecular flexibility index (Phi) is 4.01. The Morgan fingerprint density at radius 1 is 1.08 bits per heavy atom. The molecule has 132 valence electrons. The van der Waals surface area contributed by atoms with Gasteiger partial charge < -0.3 is 10.0 Å². The molecule has 1 N–H and O–H groups in total. The monoisotopic (exact) mass is 405 g/mol. The Labute approximate surface area is 156 Å². The minimum atomic E-state index is -0.935. The van der Waals surface area contributed by atoms with E-state index in [1.807, 2.05) is 4.90 Å². The molecular weight excluding hydrogens is 396 g/mol. The van der Waals surface area contributed by atoms with Crippen LogP contribution in [0.25, 0.3) is 10.9 Å². The van der Waals surface area contributed by atoms with Crippen LogP contribution < -0.4 is 4.90 Å². The summed E-state index contributed by atoms with van der Waals surface area (Å²) in [5.41, 5.74) is -0.104. The summed E-state index contributed by atoms with van der Waals surface area (Å²) in [5, 5.41) is 9.02. The van der Waals surface area contributed by atoms with Crippen LogP contribution >= 0.6 is 34.8 Å². The first-order chi connectivity index (χ1) is 11.9. The minimum Gasteiger partial charge on any atom is -0.465 e. The number of rotatable bonds is 1. The van der Waals surface area contributed by atoms with Crippen LogP contribution in [0.1, 0.15) is 12.8 Å². The standard InChI is InChI=1S/C14H11Cl3FN5O2/c15-10-7-9(8(18)11(16)20-10)19-13(17)21-12(7)22-3-5-1-2-6(4-22)23(5)14(24)25/h5-6H,1-4H2,(H,24,25). The van der Waals surface area contributed by atoms with E-state index < -0.39 is 17.1 Å². The average molecular weight is 407 g/mol. The molecule has 2 fully saturated rings. The van der Waals surface area contributed by atoms with Crippen LogP contribution in [0, 0.1) is 5.82 Å². The van der Waals surface area contributed by atoms with Crippen LogP contribution in [0.2, 0.25) is 15.6 Å². The van der Waals surface area contributed by atoms with Gasteiger partial charge in [-0.1, -0.05) is 23.2 Å². The molecule has 4 heterocycles. The van der Waals surface area contributed by atoms with E-state index in [9.17, 15) is 14.3 Å². The zero-order valence-corrected chi connectivity index (χ0v) is 14.9. The second kappa shape index (κ2) is 5.96. The number of fused-ring (bicyclic) bond motifs is 3. The van der Waals surface area contributed by atoms with Gasteiger partial charge in [-0.25, -0.2) is 19.2 Å². The Hall–Kier alpha value is -1.64. The molecule has 2 aliphatic heterocycles. The topological polar surface area (TPSA) is 82.5 Å². The van der Waals surface area contributed by atoms with Gasteiger partial charge in [0.15, 0.2) is 11.0 Å². The number of piperazine rings is 1. The highest BCUT2D eigenvalue weighted by molar-refractivity contribution is 6.37. The van der Waals surface area contributed by atoms with Gasteiger partial charge in [-0.2, -0.15) is 4.98 Å². The van der Waals surface area contributed by atoms with E-state index >= 15 is 0 Å². The third-order valence-corrected chi connectivity index (χ3v) is 5.35. The van der Waals surface area contributed by atoms with Gasteiger partial charge in [-0.15, -0.1) is 0 Å². The molecule has 4 rings (SSSR count). The van der Waals surface area contributed by atoms with Crippen molar-refractivity contribution >= 4 is 57.6 Å². The minimum absolute atomic E-state index is 0.0268. The molecule has 11 heteroatoms. The lowest BCUT2D eigenvalue weighted by molar-refractivity contribution is 0.114. The van der Waals surface area contributed by atoms with Gasteiger partial charge in [0.25, 0.3) is 0 Å². The molecule has 2 saturated heterocycles. The Morgan fingerprint density at radius 3 is 2.32 bits per heavy atom. The number of aromatic nitrogens is 3. The van der Waals surface area contributed by atoms with Crippen LogP contribution in [0.3, 0.4) is 0 Å². The lowest BCUT2D eigenvalue weighted by atomic mass is 10.2. The molecule has 2 aromatic rings. The third kappa shape index (κ3) is 2.63. The number of nitrogens with zero attached hydrogens (tertiary/aromatic N) is 5. The summed E-state index contributed by atoms with van der Waals surface area (Å²) >= 11 is 17.9. The molecule has 0 radical (unpaired) electrons. The highest BCUT2D eigenvalue weighted by Crippen LogP contribution is 2.38. The van der Waals surface area contributed by atoms with Crippen LogP contribution in [0.15, 0.2) is 0 Å². The van der Waals surface area contributed by atoms with Crippen molar-refractivity contribution in [1.82, 2.24) is 19.9 Å². The van der Waals surface area contributed by atoms with Gasteiger partial charge in [0.1, 0.15) is 16.5 Å². The Balaban J connectivity index is 1.83. The predicted molar refractivity (Wildman–Crippen MR) is 91.2 cm³/mol. The number of hydrogen-bond acceptors (Lipinski definition) is 5. The predicted octanol–water partition coefficient (Wildman–Crippen LogP) is 3.46. The molecular formula is C14H11Cl3FN5O2. The van der Waals surface area contributed by atoms with E-state index in [1.165, 1.54) is 4.90 Å². The zero-order valence-electron chi connectivity index (χ0n) is 12.6. The van der Waals surface area contributed by atoms with E-state index in [1.54, 1.807) is 0 Å². The number of hydrogen-bond donors (Lipinski definition) is 1. The van der Waals surface area contributed by atoms with Crippen LogP contribution in [-0.4, -0.2) is 56.2 Å². The quantitative estimate of drug-likeness (QED) is 0.577. The smallest absolute Gasteiger partial charge is 0.407 e. The molecule has 2 atom stereocenters. The van der Waals surface area contributed by atoms with Crippen molar-refractivity contribution in [3.05, 3.63) is 21.4 Å². The number of carboxylic acid groups (broad SMARTS) is 1. The molecule has 0 spiro atoms. The molecule has 0 aliphatic carbocycles. The molecule has 1 amide bonds. The first kappa shape index (κ1) is 16.8. The number of amides is 1. The fourth-order valence-corrected chi connectivity index (χ4v) is 4.32. The van der Waals surface area contributed by atoms with Crippen molar-refractivity contribution < 1.29 is 14.3 Å². The van der Waals surface area contributed by atoms with Crippen molar-refractivity contribution in [2.75, 3.05) is 18.0 Å².